The van der Waals surface area contributed by atoms with E-state index in [-0.39, 0.29) is 0 Å². The summed E-state index contributed by atoms with van der Waals surface area (Å²) in [6, 6.07) is 30.0. The molecular formula is C24H21OSi. The molecule has 127 valence electrons. The zero-order chi connectivity index (χ0) is 17.3. The summed E-state index contributed by atoms with van der Waals surface area (Å²) in [5, 5.41) is 6.72. The van der Waals surface area contributed by atoms with Gasteiger partial charge >= 0.3 is 0 Å². The number of hydrogen-bond acceptors (Lipinski definition) is 1. The van der Waals surface area contributed by atoms with E-state index < -0.39 is 9.04 Å². The highest BCUT2D eigenvalue weighted by Crippen LogP contribution is 2.33. The lowest BCUT2D eigenvalue weighted by Gasteiger charge is -2.23. The van der Waals surface area contributed by atoms with Crippen LogP contribution in [0.15, 0.2) is 78.9 Å². The number of rotatable bonds is 2. The summed E-state index contributed by atoms with van der Waals surface area (Å²) in [6.45, 7) is 0.919. The van der Waals surface area contributed by atoms with Gasteiger partial charge < -0.3 is 4.43 Å². The molecule has 1 nitrogen and oxygen atoms in total. The summed E-state index contributed by atoms with van der Waals surface area (Å²) in [6.07, 6.45) is 2.50. The van der Waals surface area contributed by atoms with Crippen molar-refractivity contribution in [2.45, 2.75) is 18.9 Å². The Labute approximate surface area is 156 Å². The van der Waals surface area contributed by atoms with E-state index in [1.807, 2.05) is 0 Å². The third kappa shape index (κ3) is 2.66. The molecule has 0 N–H and O–H groups in total. The SMILES string of the molecule is c1ccc([Si]2CCCCO2)c(-c2cccc3c2ccc2ccccc23)c1. The topological polar surface area (TPSA) is 9.23 Å². The van der Waals surface area contributed by atoms with Crippen molar-refractivity contribution in [3.05, 3.63) is 78.9 Å². The molecule has 1 fully saturated rings. The Kier molecular flexibility index (Phi) is 4.08. The fraction of sp³-hybridized carbons (Fsp3) is 0.167. The van der Waals surface area contributed by atoms with E-state index in [1.54, 1.807) is 0 Å². The van der Waals surface area contributed by atoms with Gasteiger partial charge in [-0.25, -0.2) is 0 Å². The first kappa shape index (κ1) is 15.8. The van der Waals surface area contributed by atoms with Crippen LogP contribution in [-0.2, 0) is 4.43 Å². The van der Waals surface area contributed by atoms with Crippen LogP contribution in [0.3, 0.4) is 0 Å². The van der Waals surface area contributed by atoms with Gasteiger partial charge in [-0.1, -0.05) is 85.3 Å². The standard InChI is InChI=1S/C24H21OSi/c1-2-9-19-18(8-1)14-15-22-20(19)11-7-12-21(22)23-10-3-4-13-24(23)26-17-6-5-16-25-26/h1-4,7-15H,5-6,16-17H2. The molecule has 1 radical (unpaired) electrons. The summed E-state index contributed by atoms with van der Waals surface area (Å²) in [7, 11) is -0.912. The van der Waals surface area contributed by atoms with Crippen LogP contribution in [0, 0.1) is 0 Å². The first-order valence-electron chi connectivity index (χ1n) is 9.41. The summed E-state index contributed by atoms with van der Waals surface area (Å²) in [4.78, 5) is 0. The van der Waals surface area contributed by atoms with Crippen LogP contribution in [0.25, 0.3) is 32.7 Å². The van der Waals surface area contributed by atoms with Crippen LogP contribution in [-0.4, -0.2) is 15.6 Å². The molecule has 0 bridgehead atoms. The molecule has 2 heteroatoms. The van der Waals surface area contributed by atoms with Crippen molar-refractivity contribution in [2.75, 3.05) is 6.61 Å². The lowest BCUT2D eigenvalue weighted by Crippen LogP contribution is -2.37. The van der Waals surface area contributed by atoms with Gasteiger partial charge in [0.15, 0.2) is 0 Å². The molecule has 1 heterocycles. The summed E-state index contributed by atoms with van der Waals surface area (Å²) >= 11 is 0. The van der Waals surface area contributed by atoms with Crippen molar-refractivity contribution in [3.8, 4) is 11.1 Å². The molecule has 4 aromatic carbocycles. The minimum atomic E-state index is -0.912. The Balaban J connectivity index is 1.74. The van der Waals surface area contributed by atoms with Gasteiger partial charge in [-0.05, 0) is 50.3 Å². The molecule has 1 aliphatic rings. The predicted octanol–water partition coefficient (Wildman–Crippen LogP) is 5.67. The van der Waals surface area contributed by atoms with Gasteiger partial charge in [-0.3, -0.25) is 0 Å². The fourth-order valence-electron chi connectivity index (χ4n) is 4.10. The van der Waals surface area contributed by atoms with Gasteiger partial charge in [0.2, 0.25) is 9.04 Å². The molecule has 0 spiro atoms. The van der Waals surface area contributed by atoms with Crippen LogP contribution >= 0.6 is 0 Å². The van der Waals surface area contributed by atoms with E-state index in [1.165, 1.54) is 56.7 Å². The summed E-state index contributed by atoms with van der Waals surface area (Å²) in [5.74, 6) is 0. The molecule has 26 heavy (non-hydrogen) atoms. The van der Waals surface area contributed by atoms with Gasteiger partial charge in [0.25, 0.3) is 0 Å². The maximum atomic E-state index is 6.21. The van der Waals surface area contributed by atoms with E-state index >= 15 is 0 Å². The van der Waals surface area contributed by atoms with E-state index in [0.717, 1.165) is 6.61 Å². The van der Waals surface area contributed by atoms with Gasteiger partial charge in [0.1, 0.15) is 0 Å². The van der Waals surface area contributed by atoms with E-state index in [4.69, 9.17) is 4.43 Å². The molecule has 0 saturated carbocycles. The first-order valence-corrected chi connectivity index (χ1v) is 11.0. The quantitative estimate of drug-likeness (QED) is 0.333. The molecule has 0 unspecified atom stereocenters. The van der Waals surface area contributed by atoms with Crippen LogP contribution in [0.4, 0.5) is 0 Å². The molecule has 0 aromatic heterocycles. The van der Waals surface area contributed by atoms with Crippen molar-refractivity contribution < 1.29 is 4.43 Å². The normalized spacial score (nSPS) is 15.5. The van der Waals surface area contributed by atoms with Crippen LogP contribution in [0.1, 0.15) is 12.8 Å². The van der Waals surface area contributed by atoms with Crippen molar-refractivity contribution in [1.82, 2.24) is 0 Å². The lowest BCUT2D eigenvalue weighted by molar-refractivity contribution is 0.294. The number of benzene rings is 4. The highest BCUT2D eigenvalue weighted by Gasteiger charge is 2.23. The second-order valence-electron chi connectivity index (χ2n) is 6.96. The third-order valence-electron chi connectivity index (χ3n) is 5.38. The molecule has 0 atom stereocenters. The third-order valence-corrected chi connectivity index (χ3v) is 7.78. The maximum Gasteiger partial charge on any atom is 0.247 e. The van der Waals surface area contributed by atoms with Gasteiger partial charge in [-0.15, -0.1) is 0 Å². The minimum Gasteiger partial charge on any atom is -0.412 e. The van der Waals surface area contributed by atoms with Gasteiger partial charge in [0.05, 0.1) is 0 Å². The molecular weight excluding hydrogens is 332 g/mol. The Morgan fingerprint density at radius 2 is 1.42 bits per heavy atom. The minimum absolute atomic E-state index is 0.912. The van der Waals surface area contributed by atoms with E-state index in [0.29, 0.717) is 0 Å². The Bertz CT molecular complexity index is 1080. The van der Waals surface area contributed by atoms with Crippen molar-refractivity contribution >= 4 is 35.8 Å². The van der Waals surface area contributed by atoms with Crippen molar-refractivity contribution in [2.24, 2.45) is 0 Å². The second kappa shape index (κ2) is 6.71. The average molecular weight is 354 g/mol. The van der Waals surface area contributed by atoms with Crippen LogP contribution < -0.4 is 5.19 Å². The van der Waals surface area contributed by atoms with Crippen molar-refractivity contribution in [1.29, 1.82) is 0 Å². The summed E-state index contributed by atoms with van der Waals surface area (Å²) < 4.78 is 6.21. The average Bonchev–Trinajstić information content (AvgIpc) is 2.74. The zero-order valence-electron chi connectivity index (χ0n) is 14.7. The van der Waals surface area contributed by atoms with Gasteiger partial charge in [0, 0.05) is 6.61 Å². The zero-order valence-corrected chi connectivity index (χ0v) is 15.7. The van der Waals surface area contributed by atoms with Crippen molar-refractivity contribution in [3.63, 3.8) is 0 Å². The first-order chi connectivity index (χ1) is 12.9. The second-order valence-corrected chi connectivity index (χ2v) is 9.14. The highest BCUT2D eigenvalue weighted by molar-refractivity contribution is 6.69. The number of hydrogen-bond donors (Lipinski definition) is 0. The Morgan fingerprint density at radius 3 is 2.35 bits per heavy atom. The molecule has 1 aliphatic heterocycles. The predicted molar refractivity (Wildman–Crippen MR) is 112 cm³/mol. The Morgan fingerprint density at radius 1 is 0.615 bits per heavy atom. The molecule has 0 aliphatic carbocycles. The molecule has 0 amide bonds. The highest BCUT2D eigenvalue weighted by atomic mass is 28.3. The lowest BCUT2D eigenvalue weighted by atomic mass is 9.95. The van der Waals surface area contributed by atoms with E-state index in [2.05, 4.69) is 78.9 Å². The molecule has 4 aromatic rings. The van der Waals surface area contributed by atoms with Crippen LogP contribution in [0.5, 0.6) is 0 Å². The fourth-order valence-corrected chi connectivity index (χ4v) is 6.44. The molecule has 1 saturated heterocycles. The van der Waals surface area contributed by atoms with E-state index in [9.17, 15) is 0 Å². The Hall–Kier alpha value is -2.42. The number of fused-ring (bicyclic) bond motifs is 3. The largest absolute Gasteiger partial charge is 0.412 e. The maximum absolute atomic E-state index is 6.21. The monoisotopic (exact) mass is 353 g/mol. The van der Waals surface area contributed by atoms with Gasteiger partial charge in [-0.2, -0.15) is 0 Å². The summed E-state index contributed by atoms with van der Waals surface area (Å²) in [5.41, 5.74) is 2.68. The molecule has 5 rings (SSSR count). The van der Waals surface area contributed by atoms with Crippen LogP contribution in [0.2, 0.25) is 6.04 Å². The smallest absolute Gasteiger partial charge is 0.247 e.